The number of thiophene rings is 1. The van der Waals surface area contributed by atoms with Crippen molar-refractivity contribution in [3.05, 3.63) is 55.1 Å². The molecular formula is C14H15BrClNS. The van der Waals surface area contributed by atoms with Gasteiger partial charge in [-0.15, -0.1) is 11.3 Å². The SMILES string of the molecule is CCc1ccc(CC(N)c2cc(Br)ccc2Cl)s1. The predicted octanol–water partition coefficient (Wildman–Crippen LogP) is 4.97. The van der Waals surface area contributed by atoms with Gasteiger partial charge in [0.1, 0.15) is 0 Å². The highest BCUT2D eigenvalue weighted by Gasteiger charge is 2.12. The standard InChI is InChI=1S/C14H15BrClNS/c1-2-10-4-5-11(18-10)8-14(17)12-7-9(15)3-6-13(12)16/h3-7,14H,2,8,17H2,1H3. The summed E-state index contributed by atoms with van der Waals surface area (Å²) in [5.74, 6) is 0. The van der Waals surface area contributed by atoms with Crippen molar-refractivity contribution in [1.29, 1.82) is 0 Å². The largest absolute Gasteiger partial charge is 0.324 e. The van der Waals surface area contributed by atoms with E-state index in [4.69, 9.17) is 17.3 Å². The van der Waals surface area contributed by atoms with Gasteiger partial charge in [-0.2, -0.15) is 0 Å². The summed E-state index contributed by atoms with van der Waals surface area (Å²) in [7, 11) is 0. The molecule has 0 amide bonds. The Morgan fingerprint density at radius 2 is 2.00 bits per heavy atom. The Hall–Kier alpha value is -0.350. The summed E-state index contributed by atoms with van der Waals surface area (Å²) in [6.45, 7) is 2.17. The van der Waals surface area contributed by atoms with Crippen molar-refractivity contribution >= 4 is 38.9 Å². The molecule has 0 spiro atoms. The van der Waals surface area contributed by atoms with Gasteiger partial charge in [0.15, 0.2) is 0 Å². The van der Waals surface area contributed by atoms with E-state index in [1.165, 1.54) is 9.75 Å². The van der Waals surface area contributed by atoms with E-state index in [1.807, 2.05) is 29.5 Å². The van der Waals surface area contributed by atoms with Crippen LogP contribution < -0.4 is 5.73 Å². The van der Waals surface area contributed by atoms with Crippen LogP contribution in [-0.4, -0.2) is 0 Å². The minimum Gasteiger partial charge on any atom is -0.324 e. The Morgan fingerprint density at radius 3 is 2.67 bits per heavy atom. The quantitative estimate of drug-likeness (QED) is 0.832. The van der Waals surface area contributed by atoms with Crippen LogP contribution in [0.15, 0.2) is 34.8 Å². The predicted molar refractivity (Wildman–Crippen MR) is 83.5 cm³/mol. The van der Waals surface area contributed by atoms with E-state index >= 15 is 0 Å². The van der Waals surface area contributed by atoms with Gasteiger partial charge in [0, 0.05) is 31.7 Å². The third-order valence-electron chi connectivity index (χ3n) is 2.84. The van der Waals surface area contributed by atoms with Gasteiger partial charge in [-0.1, -0.05) is 34.5 Å². The molecular weight excluding hydrogens is 330 g/mol. The minimum atomic E-state index is -0.0571. The first-order valence-electron chi connectivity index (χ1n) is 5.88. The van der Waals surface area contributed by atoms with Crippen LogP contribution in [0.1, 0.15) is 28.3 Å². The van der Waals surface area contributed by atoms with Gasteiger partial charge in [0.05, 0.1) is 0 Å². The number of nitrogens with two attached hydrogens (primary N) is 1. The summed E-state index contributed by atoms with van der Waals surface area (Å²) < 4.78 is 1.01. The zero-order valence-corrected chi connectivity index (χ0v) is 13.3. The number of rotatable bonds is 4. The lowest BCUT2D eigenvalue weighted by atomic mass is 10.0. The summed E-state index contributed by atoms with van der Waals surface area (Å²) in [4.78, 5) is 2.72. The highest BCUT2D eigenvalue weighted by atomic mass is 79.9. The molecule has 1 unspecified atom stereocenters. The fraction of sp³-hybridized carbons (Fsp3) is 0.286. The van der Waals surface area contributed by atoms with Gasteiger partial charge in [-0.25, -0.2) is 0 Å². The lowest BCUT2D eigenvalue weighted by molar-refractivity contribution is 0.730. The fourth-order valence-corrected chi connectivity index (χ4v) is 3.50. The maximum Gasteiger partial charge on any atom is 0.0454 e. The Balaban J connectivity index is 2.16. The van der Waals surface area contributed by atoms with E-state index in [0.29, 0.717) is 0 Å². The third-order valence-corrected chi connectivity index (χ3v) is 4.93. The van der Waals surface area contributed by atoms with Gasteiger partial charge < -0.3 is 5.73 Å². The maximum atomic E-state index is 6.25. The van der Waals surface area contributed by atoms with Crippen LogP contribution in [0, 0.1) is 0 Å². The smallest absolute Gasteiger partial charge is 0.0454 e. The molecule has 96 valence electrons. The van der Waals surface area contributed by atoms with Crippen molar-refractivity contribution in [1.82, 2.24) is 0 Å². The summed E-state index contributed by atoms with van der Waals surface area (Å²) >= 11 is 11.5. The van der Waals surface area contributed by atoms with E-state index in [9.17, 15) is 0 Å². The van der Waals surface area contributed by atoms with E-state index in [1.54, 1.807) is 0 Å². The van der Waals surface area contributed by atoms with Crippen LogP contribution in [0.2, 0.25) is 5.02 Å². The second kappa shape index (κ2) is 6.20. The van der Waals surface area contributed by atoms with Crippen LogP contribution in [-0.2, 0) is 12.8 Å². The van der Waals surface area contributed by atoms with Crippen LogP contribution in [0.25, 0.3) is 0 Å². The molecule has 1 atom stereocenters. The highest BCUT2D eigenvalue weighted by Crippen LogP contribution is 2.29. The molecule has 0 aliphatic rings. The molecule has 1 aromatic carbocycles. The first-order chi connectivity index (χ1) is 8.60. The molecule has 0 saturated heterocycles. The molecule has 2 aromatic rings. The number of aryl methyl sites for hydroxylation is 1. The zero-order chi connectivity index (χ0) is 13.1. The topological polar surface area (TPSA) is 26.0 Å². The molecule has 4 heteroatoms. The average molecular weight is 345 g/mol. The molecule has 2 rings (SSSR count). The van der Waals surface area contributed by atoms with Gasteiger partial charge in [-0.3, -0.25) is 0 Å². The third kappa shape index (κ3) is 3.35. The normalized spacial score (nSPS) is 12.7. The minimum absolute atomic E-state index is 0.0571. The summed E-state index contributed by atoms with van der Waals surface area (Å²) in [5.41, 5.74) is 7.25. The number of hydrogen-bond donors (Lipinski definition) is 1. The average Bonchev–Trinajstić information content (AvgIpc) is 2.80. The van der Waals surface area contributed by atoms with Crippen LogP contribution >= 0.6 is 38.9 Å². The molecule has 1 nitrogen and oxygen atoms in total. The fourth-order valence-electron chi connectivity index (χ4n) is 1.85. The van der Waals surface area contributed by atoms with Crippen molar-refractivity contribution in [2.75, 3.05) is 0 Å². The van der Waals surface area contributed by atoms with E-state index < -0.39 is 0 Å². The molecule has 0 radical (unpaired) electrons. The summed E-state index contributed by atoms with van der Waals surface area (Å²) in [5, 5.41) is 0.734. The number of halogens is 2. The van der Waals surface area contributed by atoms with Gasteiger partial charge in [0.25, 0.3) is 0 Å². The molecule has 0 saturated carbocycles. The first kappa shape index (κ1) is 14.1. The van der Waals surface area contributed by atoms with Crippen LogP contribution in [0.3, 0.4) is 0 Å². The van der Waals surface area contributed by atoms with Crippen LogP contribution in [0.4, 0.5) is 0 Å². The molecule has 0 aliphatic heterocycles. The van der Waals surface area contributed by atoms with Crippen molar-refractivity contribution < 1.29 is 0 Å². The Kier molecular flexibility index (Phi) is 4.84. The molecule has 0 aliphatic carbocycles. The van der Waals surface area contributed by atoms with E-state index in [2.05, 4.69) is 35.0 Å². The second-order valence-electron chi connectivity index (χ2n) is 4.20. The number of hydrogen-bond acceptors (Lipinski definition) is 2. The van der Waals surface area contributed by atoms with Gasteiger partial charge in [0.2, 0.25) is 0 Å². The number of benzene rings is 1. The second-order valence-corrected chi connectivity index (χ2v) is 6.77. The molecule has 0 fully saturated rings. The maximum absolute atomic E-state index is 6.25. The van der Waals surface area contributed by atoms with Gasteiger partial charge in [-0.05, 0) is 42.3 Å². The lowest BCUT2D eigenvalue weighted by Crippen LogP contribution is -2.13. The first-order valence-corrected chi connectivity index (χ1v) is 7.87. The van der Waals surface area contributed by atoms with Gasteiger partial charge >= 0.3 is 0 Å². The van der Waals surface area contributed by atoms with Crippen molar-refractivity contribution in [2.45, 2.75) is 25.8 Å². The molecule has 1 heterocycles. The molecule has 18 heavy (non-hydrogen) atoms. The van der Waals surface area contributed by atoms with E-state index in [0.717, 1.165) is 27.9 Å². The monoisotopic (exact) mass is 343 g/mol. The zero-order valence-electron chi connectivity index (χ0n) is 10.1. The van der Waals surface area contributed by atoms with Crippen molar-refractivity contribution in [3.63, 3.8) is 0 Å². The van der Waals surface area contributed by atoms with Crippen LogP contribution in [0.5, 0.6) is 0 Å². The summed E-state index contributed by atoms with van der Waals surface area (Å²) in [6, 6.07) is 10.1. The lowest BCUT2D eigenvalue weighted by Gasteiger charge is -2.13. The molecule has 1 aromatic heterocycles. The highest BCUT2D eigenvalue weighted by molar-refractivity contribution is 9.10. The Bertz CT molecular complexity index is 538. The summed E-state index contributed by atoms with van der Waals surface area (Å²) in [6.07, 6.45) is 1.92. The van der Waals surface area contributed by atoms with Crippen molar-refractivity contribution in [2.24, 2.45) is 5.73 Å². The van der Waals surface area contributed by atoms with E-state index in [-0.39, 0.29) is 6.04 Å². The molecule has 2 N–H and O–H groups in total. The Labute approximate surface area is 125 Å². The molecule has 0 bridgehead atoms. The Morgan fingerprint density at radius 1 is 1.28 bits per heavy atom. The van der Waals surface area contributed by atoms with Crippen molar-refractivity contribution in [3.8, 4) is 0 Å².